The lowest BCUT2D eigenvalue weighted by Gasteiger charge is -2.22. The van der Waals surface area contributed by atoms with Crippen molar-refractivity contribution in [2.24, 2.45) is 0 Å². The lowest BCUT2D eigenvalue weighted by molar-refractivity contribution is 0.0306. The average Bonchev–Trinajstić information content (AvgIpc) is 3.03. The molecule has 3 rings (SSSR count). The second-order valence-corrected chi connectivity index (χ2v) is 7.66. The molecule has 8 heteroatoms. The van der Waals surface area contributed by atoms with E-state index in [1.165, 1.54) is 0 Å². The molecule has 1 fully saturated rings. The topological polar surface area (TPSA) is 86.1 Å². The van der Waals surface area contributed by atoms with Gasteiger partial charge in [0.2, 0.25) is 10.0 Å². The Morgan fingerprint density at radius 3 is 3.00 bits per heavy atom. The maximum atomic E-state index is 12.4. The first-order chi connectivity index (χ1) is 11.6. The molecule has 0 aliphatic carbocycles. The summed E-state index contributed by atoms with van der Waals surface area (Å²) in [5, 5.41) is 8.01. The van der Waals surface area contributed by atoms with E-state index < -0.39 is 10.0 Å². The van der Waals surface area contributed by atoms with E-state index >= 15 is 0 Å². The molecular weight excluding hydrogens is 328 g/mol. The summed E-state index contributed by atoms with van der Waals surface area (Å²) in [7, 11) is -3.45. The molecule has 0 amide bonds. The van der Waals surface area contributed by atoms with Gasteiger partial charge in [0.05, 0.1) is 11.9 Å². The van der Waals surface area contributed by atoms with Crippen LogP contribution in [-0.4, -0.2) is 41.6 Å². The van der Waals surface area contributed by atoms with Crippen LogP contribution >= 0.6 is 0 Å². The van der Waals surface area contributed by atoms with Gasteiger partial charge in [0.25, 0.3) is 0 Å². The van der Waals surface area contributed by atoms with Crippen molar-refractivity contribution in [3.05, 3.63) is 30.6 Å². The zero-order valence-corrected chi connectivity index (χ0v) is 14.5. The van der Waals surface area contributed by atoms with Crippen molar-refractivity contribution in [2.75, 3.05) is 17.1 Å². The highest BCUT2D eigenvalue weighted by molar-refractivity contribution is 7.92. The second kappa shape index (κ2) is 7.31. The molecule has 2 aromatic rings. The smallest absolute Gasteiger partial charge is 0.235 e. The Kier molecular flexibility index (Phi) is 5.15. The van der Waals surface area contributed by atoms with E-state index in [2.05, 4.69) is 14.9 Å². The van der Waals surface area contributed by atoms with Crippen LogP contribution in [0.25, 0.3) is 11.4 Å². The quantitative estimate of drug-likeness (QED) is 0.864. The Labute approximate surface area is 142 Å². The van der Waals surface area contributed by atoms with E-state index in [0.717, 1.165) is 31.4 Å². The van der Waals surface area contributed by atoms with Gasteiger partial charge in [-0.3, -0.25) is 4.72 Å². The Bertz CT molecular complexity index is 782. The first-order valence-corrected chi connectivity index (χ1v) is 9.83. The summed E-state index contributed by atoms with van der Waals surface area (Å²) in [4.78, 5) is 0. The van der Waals surface area contributed by atoms with Gasteiger partial charge in [-0.2, -0.15) is 0 Å². The van der Waals surface area contributed by atoms with E-state index in [0.29, 0.717) is 18.1 Å². The van der Waals surface area contributed by atoms with E-state index in [1.807, 2.05) is 17.6 Å². The van der Waals surface area contributed by atoms with Gasteiger partial charge in [0.1, 0.15) is 6.33 Å². The Morgan fingerprint density at radius 1 is 1.38 bits per heavy atom. The molecule has 2 heterocycles. The normalized spacial score (nSPS) is 18.5. The number of benzene rings is 1. The van der Waals surface area contributed by atoms with Gasteiger partial charge in [-0.15, -0.1) is 10.2 Å². The van der Waals surface area contributed by atoms with Gasteiger partial charge in [0, 0.05) is 24.4 Å². The van der Waals surface area contributed by atoms with Crippen molar-refractivity contribution in [2.45, 2.75) is 38.8 Å². The predicted octanol–water partition coefficient (Wildman–Crippen LogP) is 2.28. The molecule has 0 saturated carbocycles. The van der Waals surface area contributed by atoms with E-state index in [4.69, 9.17) is 4.74 Å². The van der Waals surface area contributed by atoms with Gasteiger partial charge in [-0.25, -0.2) is 8.42 Å². The number of nitrogens with zero attached hydrogens (tertiary/aromatic N) is 3. The number of hydrogen-bond donors (Lipinski definition) is 1. The fraction of sp³-hybridized carbons (Fsp3) is 0.500. The van der Waals surface area contributed by atoms with Crippen LogP contribution in [0.3, 0.4) is 0 Å². The van der Waals surface area contributed by atoms with Crippen LogP contribution in [0, 0.1) is 0 Å². The number of nitrogens with one attached hydrogen (secondary N) is 1. The third kappa shape index (κ3) is 4.12. The Balaban J connectivity index is 1.74. The van der Waals surface area contributed by atoms with Crippen molar-refractivity contribution in [1.82, 2.24) is 14.8 Å². The standard InChI is InChI=1S/C16H22N4O3S/c1-2-20-12-17-18-16(20)13-6-5-7-14(10-13)19-24(21,22)11-15-8-3-4-9-23-15/h5-7,10,12,15,19H,2-4,8-9,11H2,1H3. The maximum absolute atomic E-state index is 12.4. The lowest BCUT2D eigenvalue weighted by Crippen LogP contribution is -2.30. The van der Waals surface area contributed by atoms with E-state index in [-0.39, 0.29) is 11.9 Å². The largest absolute Gasteiger partial charge is 0.377 e. The average molecular weight is 350 g/mol. The molecule has 0 bridgehead atoms. The zero-order chi connectivity index (χ0) is 17.0. The predicted molar refractivity (Wildman–Crippen MR) is 92.1 cm³/mol. The second-order valence-electron chi connectivity index (χ2n) is 5.89. The van der Waals surface area contributed by atoms with Crippen LogP contribution in [0.1, 0.15) is 26.2 Å². The minimum absolute atomic E-state index is 0.0115. The molecule has 1 aromatic carbocycles. The first kappa shape index (κ1) is 16.9. The zero-order valence-electron chi connectivity index (χ0n) is 13.7. The lowest BCUT2D eigenvalue weighted by atomic mass is 10.1. The van der Waals surface area contributed by atoms with Crippen molar-refractivity contribution in [3.8, 4) is 11.4 Å². The fourth-order valence-corrected chi connectivity index (χ4v) is 4.16. The number of sulfonamides is 1. The summed E-state index contributed by atoms with van der Waals surface area (Å²) >= 11 is 0. The summed E-state index contributed by atoms with van der Waals surface area (Å²) in [6, 6.07) is 7.20. The van der Waals surface area contributed by atoms with Crippen molar-refractivity contribution in [1.29, 1.82) is 0 Å². The Hall–Kier alpha value is -1.93. The van der Waals surface area contributed by atoms with Crippen molar-refractivity contribution < 1.29 is 13.2 Å². The number of anilines is 1. The van der Waals surface area contributed by atoms with Crippen LogP contribution in [0.15, 0.2) is 30.6 Å². The summed E-state index contributed by atoms with van der Waals surface area (Å²) in [6.45, 7) is 3.39. The minimum atomic E-state index is -3.45. The number of ether oxygens (including phenoxy) is 1. The van der Waals surface area contributed by atoms with Crippen LogP contribution in [0.5, 0.6) is 0 Å². The molecule has 1 N–H and O–H groups in total. The SMILES string of the molecule is CCn1cnnc1-c1cccc(NS(=O)(=O)CC2CCCCO2)c1. The molecule has 1 aliphatic rings. The molecule has 1 aromatic heterocycles. The summed E-state index contributed by atoms with van der Waals surface area (Å²) in [5.74, 6) is 0.705. The van der Waals surface area contributed by atoms with Crippen LogP contribution in [-0.2, 0) is 21.3 Å². The molecule has 130 valence electrons. The first-order valence-electron chi connectivity index (χ1n) is 8.18. The molecular formula is C16H22N4O3S. The monoisotopic (exact) mass is 350 g/mol. The molecule has 7 nitrogen and oxygen atoms in total. The van der Waals surface area contributed by atoms with Crippen LogP contribution < -0.4 is 4.72 Å². The van der Waals surface area contributed by atoms with Crippen molar-refractivity contribution >= 4 is 15.7 Å². The van der Waals surface area contributed by atoms with E-state index in [1.54, 1.807) is 24.5 Å². The fourth-order valence-electron chi connectivity index (χ4n) is 2.84. The molecule has 1 saturated heterocycles. The minimum Gasteiger partial charge on any atom is -0.377 e. The number of aromatic nitrogens is 3. The van der Waals surface area contributed by atoms with Gasteiger partial charge >= 0.3 is 0 Å². The highest BCUT2D eigenvalue weighted by Gasteiger charge is 2.22. The van der Waals surface area contributed by atoms with Gasteiger partial charge in [-0.05, 0) is 38.3 Å². The van der Waals surface area contributed by atoms with Gasteiger partial charge < -0.3 is 9.30 Å². The molecule has 1 aliphatic heterocycles. The van der Waals surface area contributed by atoms with Crippen LogP contribution in [0.2, 0.25) is 0 Å². The summed E-state index contributed by atoms with van der Waals surface area (Å²) in [6.07, 6.45) is 4.25. The molecule has 1 atom stereocenters. The molecule has 1 unspecified atom stereocenters. The molecule has 0 spiro atoms. The number of hydrogen-bond acceptors (Lipinski definition) is 5. The van der Waals surface area contributed by atoms with Gasteiger partial charge in [0.15, 0.2) is 5.82 Å². The van der Waals surface area contributed by atoms with Crippen molar-refractivity contribution in [3.63, 3.8) is 0 Å². The summed E-state index contributed by atoms with van der Waals surface area (Å²) in [5.41, 5.74) is 1.34. The highest BCUT2D eigenvalue weighted by atomic mass is 32.2. The molecule has 0 radical (unpaired) electrons. The number of rotatable bonds is 6. The van der Waals surface area contributed by atoms with Crippen LogP contribution in [0.4, 0.5) is 5.69 Å². The number of aryl methyl sites for hydroxylation is 1. The maximum Gasteiger partial charge on any atom is 0.235 e. The van der Waals surface area contributed by atoms with E-state index in [9.17, 15) is 8.42 Å². The third-order valence-corrected chi connectivity index (χ3v) is 5.39. The third-order valence-electron chi connectivity index (χ3n) is 4.03. The summed E-state index contributed by atoms with van der Waals surface area (Å²) < 4.78 is 34.8. The molecule has 24 heavy (non-hydrogen) atoms. The van der Waals surface area contributed by atoms with Gasteiger partial charge in [-0.1, -0.05) is 12.1 Å². The highest BCUT2D eigenvalue weighted by Crippen LogP contribution is 2.22. The Morgan fingerprint density at radius 2 is 2.25 bits per heavy atom.